The first-order chi connectivity index (χ1) is 8.94. The van der Waals surface area contributed by atoms with Gasteiger partial charge in [-0.1, -0.05) is 6.92 Å². The fourth-order valence-corrected chi connectivity index (χ4v) is 1.78. The van der Waals surface area contributed by atoms with Crippen LogP contribution in [-0.4, -0.2) is 27.8 Å². The normalized spacial score (nSPS) is 11.4. The molecule has 0 aromatic carbocycles. The molecular weight excluding hydrogens is 279 g/mol. The number of thioether (sulfide) groups is 1. The summed E-state index contributed by atoms with van der Waals surface area (Å²) in [6.07, 6.45) is 1.55. The highest BCUT2D eigenvalue weighted by atomic mass is 32.2. The minimum absolute atomic E-state index is 0.0690. The smallest absolute Gasteiger partial charge is 0.369 e. The number of nitrogens with two attached hydrogens (primary N) is 1. The third-order valence-corrected chi connectivity index (χ3v) is 2.80. The molecule has 0 saturated carbocycles. The van der Waals surface area contributed by atoms with Gasteiger partial charge in [0.2, 0.25) is 0 Å². The van der Waals surface area contributed by atoms with Crippen molar-refractivity contribution in [1.29, 1.82) is 0 Å². The van der Waals surface area contributed by atoms with E-state index in [0.29, 0.717) is 23.9 Å². The number of rotatable bonds is 7. The van der Waals surface area contributed by atoms with Gasteiger partial charge in [0.15, 0.2) is 0 Å². The van der Waals surface area contributed by atoms with Gasteiger partial charge in [0.25, 0.3) is 0 Å². The third-order valence-electron chi connectivity index (χ3n) is 2.07. The summed E-state index contributed by atoms with van der Waals surface area (Å²) in [7, 11) is 0. The summed E-state index contributed by atoms with van der Waals surface area (Å²) in [6.45, 7) is 2.15. The Hall–Kier alpha value is -1.22. The zero-order chi connectivity index (χ0) is 14.3. The Balaban J connectivity index is 2.54. The predicted octanol–water partition coefficient (Wildman–Crippen LogP) is 2.38. The van der Waals surface area contributed by atoms with Gasteiger partial charge in [-0.15, -0.1) is 0 Å². The van der Waals surface area contributed by atoms with Gasteiger partial charge in [-0.3, -0.25) is 0 Å². The number of aromatic nitrogens is 2. The summed E-state index contributed by atoms with van der Waals surface area (Å²) in [5.41, 5.74) is -1.80. The van der Waals surface area contributed by atoms with E-state index in [9.17, 15) is 13.2 Å². The van der Waals surface area contributed by atoms with E-state index in [1.165, 1.54) is 0 Å². The Morgan fingerprint density at radius 1 is 1.32 bits per heavy atom. The van der Waals surface area contributed by atoms with Gasteiger partial charge < -0.3 is 10.7 Å². The molecule has 1 aromatic rings. The molecule has 0 aliphatic rings. The molecule has 0 aliphatic heterocycles. The van der Waals surface area contributed by atoms with Crippen LogP contribution in [0, 0.1) is 0 Å². The van der Waals surface area contributed by atoms with Crippen molar-refractivity contribution in [2.75, 3.05) is 23.0 Å². The van der Waals surface area contributed by atoms with E-state index < -0.39 is 5.51 Å². The molecule has 19 heavy (non-hydrogen) atoms. The summed E-state index contributed by atoms with van der Waals surface area (Å²) in [4.78, 5) is 8.33. The molecule has 0 saturated heterocycles. The van der Waals surface area contributed by atoms with Crippen LogP contribution in [0.4, 0.5) is 24.8 Å². The molecule has 0 aliphatic carbocycles. The molecule has 0 spiro atoms. The highest BCUT2D eigenvalue weighted by molar-refractivity contribution is 8.00. The number of nitrogen functional groups attached to an aromatic ring is 1. The largest absolute Gasteiger partial charge is 0.441 e. The Labute approximate surface area is 113 Å². The number of hydrogen-bond acceptors (Lipinski definition) is 6. The second-order valence-electron chi connectivity index (χ2n) is 3.67. The monoisotopic (exact) mass is 295 g/mol. The van der Waals surface area contributed by atoms with Gasteiger partial charge >= 0.3 is 5.51 Å². The second-order valence-corrected chi connectivity index (χ2v) is 4.83. The first-order valence-corrected chi connectivity index (χ1v) is 6.72. The Morgan fingerprint density at radius 2 is 2.00 bits per heavy atom. The topological polar surface area (TPSA) is 75.9 Å². The number of alkyl halides is 3. The van der Waals surface area contributed by atoms with Crippen molar-refractivity contribution in [2.45, 2.75) is 25.3 Å². The quantitative estimate of drug-likeness (QED) is 0.407. The van der Waals surface area contributed by atoms with E-state index in [0.717, 1.165) is 6.42 Å². The maximum Gasteiger partial charge on any atom is 0.441 e. The van der Waals surface area contributed by atoms with Crippen molar-refractivity contribution in [2.24, 2.45) is 5.84 Å². The van der Waals surface area contributed by atoms with Crippen LogP contribution >= 0.6 is 11.8 Å². The molecule has 108 valence electrons. The number of hydrazine groups is 1. The van der Waals surface area contributed by atoms with E-state index in [-0.39, 0.29) is 24.1 Å². The summed E-state index contributed by atoms with van der Waals surface area (Å²) in [5, 5.41) is 2.82. The number of hydrogen-bond donors (Lipinski definition) is 3. The molecule has 1 heterocycles. The molecule has 5 nitrogen and oxygen atoms in total. The molecular formula is C10H16F3N5S. The van der Waals surface area contributed by atoms with Crippen LogP contribution in [0.1, 0.15) is 19.2 Å². The first-order valence-electron chi connectivity index (χ1n) is 5.73. The predicted molar refractivity (Wildman–Crippen MR) is 70.8 cm³/mol. The second kappa shape index (κ2) is 7.39. The molecule has 0 fully saturated rings. The molecule has 9 heteroatoms. The maximum atomic E-state index is 11.9. The van der Waals surface area contributed by atoms with Crippen LogP contribution in [0.3, 0.4) is 0 Å². The molecule has 0 bridgehead atoms. The highest BCUT2D eigenvalue weighted by Gasteiger charge is 2.27. The third kappa shape index (κ3) is 6.48. The lowest BCUT2D eigenvalue weighted by Gasteiger charge is -2.10. The van der Waals surface area contributed by atoms with Gasteiger partial charge in [-0.2, -0.15) is 13.2 Å². The van der Waals surface area contributed by atoms with E-state index in [2.05, 4.69) is 20.7 Å². The van der Waals surface area contributed by atoms with Crippen molar-refractivity contribution in [1.82, 2.24) is 9.97 Å². The molecule has 0 radical (unpaired) electrons. The van der Waals surface area contributed by atoms with E-state index >= 15 is 0 Å². The fourth-order valence-electron chi connectivity index (χ4n) is 1.34. The lowest BCUT2D eigenvalue weighted by atomic mass is 10.3. The fraction of sp³-hybridized carbons (Fsp3) is 0.600. The molecule has 0 atom stereocenters. The Morgan fingerprint density at radius 3 is 2.58 bits per heavy atom. The lowest BCUT2D eigenvalue weighted by molar-refractivity contribution is -0.0327. The number of halogens is 3. The number of anilines is 2. The zero-order valence-corrected chi connectivity index (χ0v) is 11.2. The van der Waals surface area contributed by atoms with Gasteiger partial charge in [0, 0.05) is 24.8 Å². The molecule has 1 aromatic heterocycles. The number of nitrogens with one attached hydrogen (secondary N) is 2. The molecule has 0 amide bonds. The van der Waals surface area contributed by atoms with Gasteiger partial charge in [0.05, 0.1) is 0 Å². The standard InChI is InChI=1S/C10H16F3N5S/c1-2-3-7-16-8(6-9(17-7)18-14)15-4-5-19-10(11,12)13/h6H,2-5,14H2,1H3,(H2,15,16,17,18). The van der Waals surface area contributed by atoms with Gasteiger partial charge in [-0.05, 0) is 18.2 Å². The van der Waals surface area contributed by atoms with Crippen LogP contribution in [0.5, 0.6) is 0 Å². The van der Waals surface area contributed by atoms with E-state index in [1.54, 1.807) is 6.07 Å². The summed E-state index contributed by atoms with van der Waals surface area (Å²) >= 11 is -0.0690. The molecule has 4 N–H and O–H groups in total. The van der Waals surface area contributed by atoms with Crippen LogP contribution < -0.4 is 16.6 Å². The Bertz CT molecular complexity index is 399. The zero-order valence-electron chi connectivity index (χ0n) is 10.4. The van der Waals surface area contributed by atoms with Crippen LogP contribution in [0.2, 0.25) is 0 Å². The molecule has 0 unspecified atom stereocenters. The average Bonchev–Trinajstić information content (AvgIpc) is 2.34. The minimum Gasteiger partial charge on any atom is -0.369 e. The number of nitrogens with zero attached hydrogens (tertiary/aromatic N) is 2. The first kappa shape index (κ1) is 15.8. The lowest BCUT2D eigenvalue weighted by Crippen LogP contribution is -2.14. The maximum absolute atomic E-state index is 11.9. The minimum atomic E-state index is -4.20. The van der Waals surface area contributed by atoms with Gasteiger partial charge in [0.1, 0.15) is 17.5 Å². The van der Waals surface area contributed by atoms with E-state index in [1.807, 2.05) is 6.92 Å². The number of aryl methyl sites for hydroxylation is 1. The Kier molecular flexibility index (Phi) is 6.16. The van der Waals surface area contributed by atoms with Crippen molar-refractivity contribution in [3.63, 3.8) is 0 Å². The average molecular weight is 295 g/mol. The van der Waals surface area contributed by atoms with Crippen molar-refractivity contribution >= 4 is 23.4 Å². The summed E-state index contributed by atoms with van der Waals surface area (Å²) in [6, 6.07) is 1.55. The van der Waals surface area contributed by atoms with Crippen LogP contribution in [0.25, 0.3) is 0 Å². The van der Waals surface area contributed by atoms with Crippen LogP contribution in [-0.2, 0) is 6.42 Å². The SMILES string of the molecule is CCCc1nc(NN)cc(NCCSC(F)(F)F)n1. The molecule has 1 rings (SSSR count). The van der Waals surface area contributed by atoms with Crippen molar-refractivity contribution in [3.8, 4) is 0 Å². The highest BCUT2D eigenvalue weighted by Crippen LogP contribution is 2.29. The van der Waals surface area contributed by atoms with Crippen molar-refractivity contribution in [3.05, 3.63) is 11.9 Å². The van der Waals surface area contributed by atoms with Crippen LogP contribution in [0.15, 0.2) is 6.07 Å². The van der Waals surface area contributed by atoms with Gasteiger partial charge in [-0.25, -0.2) is 15.8 Å². The van der Waals surface area contributed by atoms with Crippen molar-refractivity contribution < 1.29 is 13.2 Å². The van der Waals surface area contributed by atoms with E-state index in [4.69, 9.17) is 5.84 Å². The summed E-state index contributed by atoms with van der Waals surface area (Å²) < 4.78 is 35.8. The summed E-state index contributed by atoms with van der Waals surface area (Å²) in [5.74, 6) is 6.70.